The number of pyridine rings is 1. The smallest absolute Gasteiger partial charge is 0.333 e. The first-order valence-electron chi connectivity index (χ1n) is 10.9. The molecule has 1 unspecified atom stereocenters. The first kappa shape index (κ1) is 23.1. The quantitative estimate of drug-likeness (QED) is 0.402. The van der Waals surface area contributed by atoms with Gasteiger partial charge in [0.2, 0.25) is 5.91 Å². The highest BCUT2D eigenvalue weighted by Gasteiger charge is 2.20. The zero-order valence-corrected chi connectivity index (χ0v) is 19.0. The van der Waals surface area contributed by atoms with Gasteiger partial charge >= 0.3 is 5.69 Å². The van der Waals surface area contributed by atoms with Crippen LogP contribution in [0.4, 0.5) is 0 Å². The lowest BCUT2D eigenvalue weighted by Gasteiger charge is -2.16. The van der Waals surface area contributed by atoms with Crippen LogP contribution in [0.1, 0.15) is 24.1 Å². The minimum Gasteiger partial charge on any atom is -0.383 e. The molecule has 0 aliphatic heterocycles. The van der Waals surface area contributed by atoms with Crippen molar-refractivity contribution < 1.29 is 9.53 Å². The Hall–Kier alpha value is -4.05. The molecule has 0 aliphatic rings. The van der Waals surface area contributed by atoms with Crippen LogP contribution in [0, 0.1) is 0 Å². The lowest BCUT2D eigenvalue weighted by Crippen LogP contribution is -2.44. The first-order valence-corrected chi connectivity index (χ1v) is 10.9. The van der Waals surface area contributed by atoms with Gasteiger partial charge in [0, 0.05) is 26.0 Å². The summed E-state index contributed by atoms with van der Waals surface area (Å²) in [6.45, 7) is 2.39. The third-order valence-electron chi connectivity index (χ3n) is 5.59. The average molecular weight is 463 g/mol. The van der Waals surface area contributed by atoms with E-state index in [-0.39, 0.29) is 23.8 Å². The standard InChI is InChI=1S/C24H26N6O4/c1-17(19-8-10-25-11-9-19)27-20(31)15-30-23(32)21-22(26-16-28(21)12-13-34-2)29(24(30)33)14-18-6-4-3-5-7-18/h3-11,16-17H,12-15H2,1-2H3,(H,27,31). The summed E-state index contributed by atoms with van der Waals surface area (Å²) in [6.07, 6.45) is 4.79. The first-order chi connectivity index (χ1) is 16.5. The Balaban J connectivity index is 1.73. The number of nitrogens with one attached hydrogen (secondary N) is 1. The van der Waals surface area contributed by atoms with Crippen LogP contribution in [0.2, 0.25) is 0 Å². The van der Waals surface area contributed by atoms with E-state index in [1.165, 1.54) is 10.9 Å². The van der Waals surface area contributed by atoms with Crippen molar-refractivity contribution in [3.63, 3.8) is 0 Å². The van der Waals surface area contributed by atoms with Crippen molar-refractivity contribution in [2.45, 2.75) is 32.6 Å². The molecule has 0 bridgehead atoms. The summed E-state index contributed by atoms with van der Waals surface area (Å²) < 4.78 is 9.18. The highest BCUT2D eigenvalue weighted by molar-refractivity contribution is 5.77. The summed E-state index contributed by atoms with van der Waals surface area (Å²) in [5.74, 6) is -0.447. The van der Waals surface area contributed by atoms with E-state index in [1.54, 1.807) is 36.2 Å². The molecule has 0 radical (unpaired) electrons. The number of imidazole rings is 1. The maximum Gasteiger partial charge on any atom is 0.333 e. The number of rotatable bonds is 9. The normalized spacial score (nSPS) is 12.1. The maximum absolute atomic E-state index is 13.4. The lowest BCUT2D eigenvalue weighted by atomic mass is 10.1. The molecule has 1 N–H and O–H groups in total. The summed E-state index contributed by atoms with van der Waals surface area (Å²) in [5.41, 5.74) is 1.11. The van der Waals surface area contributed by atoms with E-state index in [0.29, 0.717) is 13.2 Å². The van der Waals surface area contributed by atoms with Crippen molar-refractivity contribution in [2.24, 2.45) is 0 Å². The number of carbonyl (C=O) groups excluding carboxylic acids is 1. The summed E-state index contributed by atoms with van der Waals surface area (Å²) in [4.78, 5) is 47.9. The fourth-order valence-electron chi connectivity index (χ4n) is 3.81. The Kier molecular flexibility index (Phi) is 6.98. The van der Waals surface area contributed by atoms with Crippen LogP contribution in [-0.4, -0.2) is 43.3 Å². The predicted molar refractivity (Wildman–Crippen MR) is 126 cm³/mol. The van der Waals surface area contributed by atoms with Gasteiger partial charge in [-0.1, -0.05) is 30.3 Å². The molecule has 1 aromatic carbocycles. The molecule has 0 fully saturated rings. The zero-order valence-electron chi connectivity index (χ0n) is 19.0. The van der Waals surface area contributed by atoms with E-state index in [4.69, 9.17) is 4.74 Å². The van der Waals surface area contributed by atoms with E-state index < -0.39 is 23.7 Å². The van der Waals surface area contributed by atoms with Gasteiger partial charge in [-0.2, -0.15) is 0 Å². The molecule has 0 aliphatic carbocycles. The number of amides is 1. The molecule has 176 valence electrons. The molecular weight excluding hydrogens is 436 g/mol. The second-order valence-corrected chi connectivity index (χ2v) is 7.92. The highest BCUT2D eigenvalue weighted by Crippen LogP contribution is 2.11. The van der Waals surface area contributed by atoms with Gasteiger partial charge in [-0.15, -0.1) is 0 Å². The van der Waals surface area contributed by atoms with Crippen molar-refractivity contribution in [2.75, 3.05) is 13.7 Å². The van der Waals surface area contributed by atoms with Gasteiger partial charge in [0.15, 0.2) is 11.2 Å². The number of nitrogens with zero attached hydrogens (tertiary/aromatic N) is 5. The third-order valence-corrected chi connectivity index (χ3v) is 5.59. The molecule has 0 saturated heterocycles. The highest BCUT2D eigenvalue weighted by atomic mass is 16.5. The number of carbonyl (C=O) groups is 1. The van der Waals surface area contributed by atoms with Crippen molar-refractivity contribution in [3.8, 4) is 0 Å². The minimum atomic E-state index is -0.593. The fraction of sp³-hybridized carbons (Fsp3) is 0.292. The van der Waals surface area contributed by atoms with Gasteiger partial charge in [0.25, 0.3) is 5.56 Å². The van der Waals surface area contributed by atoms with Gasteiger partial charge < -0.3 is 14.6 Å². The van der Waals surface area contributed by atoms with Crippen molar-refractivity contribution >= 4 is 17.1 Å². The second-order valence-electron chi connectivity index (χ2n) is 7.92. The number of methoxy groups -OCH3 is 1. The molecule has 3 aromatic heterocycles. The minimum absolute atomic E-state index is 0.215. The van der Waals surface area contributed by atoms with Crippen LogP contribution in [-0.2, 0) is 29.2 Å². The van der Waals surface area contributed by atoms with Crippen LogP contribution in [0.3, 0.4) is 0 Å². The zero-order chi connectivity index (χ0) is 24.1. The van der Waals surface area contributed by atoms with Crippen molar-refractivity contribution in [1.29, 1.82) is 0 Å². The largest absolute Gasteiger partial charge is 0.383 e. The predicted octanol–water partition coefficient (Wildman–Crippen LogP) is 1.33. The van der Waals surface area contributed by atoms with Crippen molar-refractivity contribution in [1.82, 2.24) is 29.0 Å². The average Bonchev–Trinajstić information content (AvgIpc) is 3.28. The number of hydrogen-bond donors (Lipinski definition) is 1. The topological polar surface area (TPSA) is 113 Å². The number of ether oxygens (including phenoxy) is 1. The number of hydrogen-bond acceptors (Lipinski definition) is 6. The maximum atomic E-state index is 13.4. The van der Waals surface area contributed by atoms with Crippen LogP contribution in [0.25, 0.3) is 11.2 Å². The molecule has 1 atom stereocenters. The molecule has 4 rings (SSSR count). The Bertz CT molecular complexity index is 1390. The molecule has 0 saturated carbocycles. The van der Waals surface area contributed by atoms with Gasteiger partial charge in [-0.25, -0.2) is 14.3 Å². The van der Waals surface area contributed by atoms with Gasteiger partial charge in [-0.3, -0.25) is 19.1 Å². The molecule has 34 heavy (non-hydrogen) atoms. The SMILES string of the molecule is COCCn1cnc2c1c(=O)n(CC(=O)NC(C)c1ccncc1)c(=O)n2Cc1ccccc1. The van der Waals surface area contributed by atoms with Crippen molar-refractivity contribution in [3.05, 3.63) is 93.2 Å². The second kappa shape index (κ2) is 10.3. The summed E-state index contributed by atoms with van der Waals surface area (Å²) in [5, 5.41) is 2.84. The fourth-order valence-corrected chi connectivity index (χ4v) is 3.81. The van der Waals surface area contributed by atoms with E-state index in [9.17, 15) is 14.4 Å². The van der Waals surface area contributed by atoms with Crippen LogP contribution in [0.5, 0.6) is 0 Å². The molecule has 10 nitrogen and oxygen atoms in total. The molecule has 10 heteroatoms. The van der Waals surface area contributed by atoms with Crippen LogP contribution in [0.15, 0.2) is 70.8 Å². The number of fused-ring (bicyclic) bond motifs is 1. The van der Waals surface area contributed by atoms with Gasteiger partial charge in [0.05, 0.1) is 25.5 Å². The molecule has 1 amide bonds. The number of benzene rings is 1. The Morgan fingerprint density at radius 2 is 1.82 bits per heavy atom. The molecular formula is C24H26N6O4. The van der Waals surface area contributed by atoms with E-state index >= 15 is 0 Å². The van der Waals surface area contributed by atoms with E-state index in [0.717, 1.165) is 15.7 Å². The Morgan fingerprint density at radius 3 is 2.53 bits per heavy atom. The Labute approximate surface area is 195 Å². The molecule has 0 spiro atoms. The monoisotopic (exact) mass is 462 g/mol. The van der Waals surface area contributed by atoms with Gasteiger partial charge in [0.1, 0.15) is 6.54 Å². The lowest BCUT2D eigenvalue weighted by molar-refractivity contribution is -0.122. The van der Waals surface area contributed by atoms with Crippen LogP contribution < -0.4 is 16.6 Å². The molecule has 3 heterocycles. The van der Waals surface area contributed by atoms with Crippen LogP contribution >= 0.6 is 0 Å². The van der Waals surface area contributed by atoms with E-state index in [2.05, 4.69) is 15.3 Å². The summed E-state index contributed by atoms with van der Waals surface area (Å²) in [6, 6.07) is 12.7. The molecule has 4 aromatic rings. The number of aromatic nitrogens is 5. The van der Waals surface area contributed by atoms with E-state index in [1.807, 2.05) is 37.3 Å². The summed E-state index contributed by atoms with van der Waals surface area (Å²) in [7, 11) is 1.57. The third kappa shape index (κ3) is 4.81. The van der Waals surface area contributed by atoms with Gasteiger partial charge in [-0.05, 0) is 30.2 Å². The summed E-state index contributed by atoms with van der Waals surface area (Å²) >= 11 is 0. The Morgan fingerprint density at radius 1 is 1.09 bits per heavy atom.